The van der Waals surface area contributed by atoms with Gasteiger partial charge in [0.15, 0.2) is 0 Å². The molecule has 0 heterocycles. The largest absolute Gasteiger partial charge is 0.496 e. The van der Waals surface area contributed by atoms with Crippen LogP contribution in [0, 0.1) is 5.92 Å². The van der Waals surface area contributed by atoms with Gasteiger partial charge in [-0.2, -0.15) is 0 Å². The van der Waals surface area contributed by atoms with Gasteiger partial charge in [-0.3, -0.25) is 9.59 Å². The highest BCUT2D eigenvalue weighted by Gasteiger charge is 2.35. The average molecular weight is 539 g/mol. The summed E-state index contributed by atoms with van der Waals surface area (Å²) in [6.07, 6.45) is 0. The third-order valence-corrected chi connectivity index (χ3v) is 6.92. The molecule has 206 valence electrons. The predicted molar refractivity (Wildman–Crippen MR) is 155 cm³/mol. The van der Waals surface area contributed by atoms with Crippen LogP contribution in [0.3, 0.4) is 0 Å². The quantitative estimate of drug-likeness (QED) is 0.245. The molecule has 0 saturated carbocycles. The Labute approximate surface area is 235 Å². The average Bonchev–Trinajstić information content (AvgIpc) is 3.02. The Bertz CT molecular complexity index is 1390. The van der Waals surface area contributed by atoms with E-state index in [1.807, 2.05) is 73.7 Å². The molecule has 0 spiro atoms. The molecule has 0 radical (unpaired) electrons. The molecule has 3 atom stereocenters. The van der Waals surface area contributed by atoms with E-state index in [2.05, 4.69) is 10.6 Å². The van der Waals surface area contributed by atoms with E-state index in [4.69, 9.17) is 14.2 Å². The molecule has 4 aromatic carbocycles. The van der Waals surface area contributed by atoms with E-state index in [0.29, 0.717) is 33.9 Å². The first kappa shape index (κ1) is 28.2. The van der Waals surface area contributed by atoms with Crippen molar-refractivity contribution >= 4 is 11.8 Å². The molecular formula is C33H34N2O5. The number of rotatable bonds is 11. The van der Waals surface area contributed by atoms with Crippen LogP contribution in [0.1, 0.15) is 50.9 Å². The Morgan fingerprint density at radius 1 is 0.600 bits per heavy atom. The monoisotopic (exact) mass is 538 g/mol. The summed E-state index contributed by atoms with van der Waals surface area (Å²) in [5.74, 6) is 0.682. The third kappa shape index (κ3) is 6.43. The maximum absolute atomic E-state index is 13.6. The standard InChI is InChI=1S/C33H34N2O5/c1-22(30(23-14-8-5-9-15-23)34-32(36)24-16-10-6-11-17-24)31(35-33(37)25-18-12-7-13-19-25)29-27(39-3)20-26(38-2)21-28(29)40-4/h5-22,30-31H,1-4H3,(H,34,36)(H,35,37). The highest BCUT2D eigenvalue weighted by Crippen LogP contribution is 2.44. The summed E-state index contributed by atoms with van der Waals surface area (Å²) in [5.41, 5.74) is 2.58. The van der Waals surface area contributed by atoms with Crippen molar-refractivity contribution in [2.75, 3.05) is 21.3 Å². The Morgan fingerprint density at radius 2 is 1.02 bits per heavy atom. The Morgan fingerprint density at radius 3 is 1.45 bits per heavy atom. The fourth-order valence-corrected chi connectivity index (χ4v) is 4.81. The van der Waals surface area contributed by atoms with Crippen molar-refractivity contribution in [3.05, 3.63) is 125 Å². The van der Waals surface area contributed by atoms with Crippen LogP contribution in [0.5, 0.6) is 17.2 Å². The van der Waals surface area contributed by atoms with Crippen molar-refractivity contribution in [3.8, 4) is 17.2 Å². The summed E-state index contributed by atoms with van der Waals surface area (Å²) < 4.78 is 17.0. The molecule has 40 heavy (non-hydrogen) atoms. The number of nitrogens with one attached hydrogen (secondary N) is 2. The van der Waals surface area contributed by atoms with Crippen LogP contribution in [-0.4, -0.2) is 33.1 Å². The first-order valence-electron chi connectivity index (χ1n) is 13.0. The SMILES string of the molecule is COc1cc(OC)c(C(NC(=O)c2ccccc2)C(C)C(NC(=O)c2ccccc2)c2ccccc2)c(OC)c1. The van der Waals surface area contributed by atoms with Gasteiger partial charge >= 0.3 is 0 Å². The predicted octanol–water partition coefficient (Wildman–Crippen LogP) is 5.99. The lowest BCUT2D eigenvalue weighted by Crippen LogP contribution is -2.41. The number of amides is 2. The van der Waals surface area contributed by atoms with Crippen LogP contribution >= 0.6 is 0 Å². The van der Waals surface area contributed by atoms with Gasteiger partial charge in [0.2, 0.25) is 0 Å². The van der Waals surface area contributed by atoms with Gasteiger partial charge in [-0.25, -0.2) is 0 Å². The number of carbonyl (C=O) groups is 2. The second-order valence-corrected chi connectivity index (χ2v) is 9.35. The maximum Gasteiger partial charge on any atom is 0.251 e. The van der Waals surface area contributed by atoms with E-state index < -0.39 is 12.1 Å². The van der Waals surface area contributed by atoms with Gasteiger partial charge in [-0.1, -0.05) is 73.7 Å². The molecular weight excluding hydrogens is 504 g/mol. The van der Waals surface area contributed by atoms with Gasteiger partial charge in [-0.05, 0) is 29.8 Å². The zero-order valence-corrected chi connectivity index (χ0v) is 23.1. The van der Waals surface area contributed by atoms with Crippen molar-refractivity contribution in [2.45, 2.75) is 19.0 Å². The number of benzene rings is 4. The number of carbonyl (C=O) groups excluding carboxylic acids is 2. The lowest BCUT2D eigenvalue weighted by Gasteiger charge is -2.34. The van der Waals surface area contributed by atoms with E-state index in [9.17, 15) is 9.59 Å². The van der Waals surface area contributed by atoms with E-state index in [0.717, 1.165) is 5.56 Å². The summed E-state index contributed by atoms with van der Waals surface area (Å²) in [6, 6.07) is 30.2. The minimum atomic E-state index is -0.634. The molecule has 7 nitrogen and oxygen atoms in total. The highest BCUT2D eigenvalue weighted by molar-refractivity contribution is 5.95. The molecule has 0 fully saturated rings. The fraction of sp³-hybridized carbons (Fsp3) is 0.212. The van der Waals surface area contributed by atoms with Crippen LogP contribution in [-0.2, 0) is 0 Å². The summed E-state index contributed by atoms with van der Waals surface area (Å²) in [7, 11) is 4.68. The van der Waals surface area contributed by atoms with Crippen LogP contribution in [0.2, 0.25) is 0 Å². The normalized spacial score (nSPS) is 12.9. The maximum atomic E-state index is 13.6. The second kappa shape index (κ2) is 13.3. The van der Waals surface area contributed by atoms with Gasteiger partial charge in [0.25, 0.3) is 11.8 Å². The van der Waals surface area contributed by atoms with Crippen molar-refractivity contribution in [2.24, 2.45) is 5.92 Å². The Kier molecular flexibility index (Phi) is 9.41. The lowest BCUT2D eigenvalue weighted by atomic mass is 9.83. The van der Waals surface area contributed by atoms with Gasteiger partial charge in [0.05, 0.1) is 39.0 Å². The number of methoxy groups -OCH3 is 3. The molecule has 4 aromatic rings. The molecule has 2 amide bonds. The zero-order chi connectivity index (χ0) is 28.5. The highest BCUT2D eigenvalue weighted by atomic mass is 16.5. The molecule has 0 aliphatic rings. The fourth-order valence-electron chi connectivity index (χ4n) is 4.81. The zero-order valence-electron chi connectivity index (χ0n) is 23.1. The van der Waals surface area contributed by atoms with Crippen LogP contribution < -0.4 is 24.8 Å². The first-order valence-corrected chi connectivity index (χ1v) is 13.0. The molecule has 4 rings (SSSR count). The summed E-state index contributed by atoms with van der Waals surface area (Å²) in [4.78, 5) is 27.0. The second-order valence-electron chi connectivity index (χ2n) is 9.35. The number of ether oxygens (including phenoxy) is 3. The van der Waals surface area contributed by atoms with Crippen LogP contribution in [0.4, 0.5) is 0 Å². The molecule has 2 N–H and O–H groups in total. The summed E-state index contributed by atoms with van der Waals surface area (Å²) in [5, 5.41) is 6.42. The number of hydrogen-bond acceptors (Lipinski definition) is 5. The molecule has 0 saturated heterocycles. The van der Waals surface area contributed by atoms with E-state index in [1.54, 1.807) is 57.7 Å². The molecule has 7 heteroatoms. The lowest BCUT2D eigenvalue weighted by molar-refractivity contribution is 0.0890. The minimum Gasteiger partial charge on any atom is -0.496 e. The third-order valence-electron chi connectivity index (χ3n) is 6.92. The Hall–Kier alpha value is -4.78. The molecule has 0 bridgehead atoms. The summed E-state index contributed by atoms with van der Waals surface area (Å²) >= 11 is 0. The van der Waals surface area contributed by atoms with Crippen molar-refractivity contribution in [1.82, 2.24) is 10.6 Å². The van der Waals surface area contributed by atoms with Gasteiger partial charge < -0.3 is 24.8 Å². The van der Waals surface area contributed by atoms with Crippen molar-refractivity contribution in [1.29, 1.82) is 0 Å². The van der Waals surface area contributed by atoms with Crippen LogP contribution in [0.25, 0.3) is 0 Å². The topological polar surface area (TPSA) is 85.9 Å². The van der Waals surface area contributed by atoms with E-state index >= 15 is 0 Å². The van der Waals surface area contributed by atoms with Gasteiger partial charge in [0.1, 0.15) is 17.2 Å². The molecule has 0 aliphatic heterocycles. The van der Waals surface area contributed by atoms with Crippen molar-refractivity contribution in [3.63, 3.8) is 0 Å². The molecule has 3 unspecified atom stereocenters. The number of hydrogen-bond donors (Lipinski definition) is 2. The first-order chi connectivity index (χ1) is 19.5. The van der Waals surface area contributed by atoms with Crippen molar-refractivity contribution < 1.29 is 23.8 Å². The minimum absolute atomic E-state index is 0.219. The summed E-state index contributed by atoms with van der Waals surface area (Å²) in [6.45, 7) is 1.99. The molecule has 0 aliphatic carbocycles. The van der Waals surface area contributed by atoms with E-state index in [1.165, 1.54) is 0 Å². The molecule has 0 aromatic heterocycles. The smallest absolute Gasteiger partial charge is 0.251 e. The van der Waals surface area contributed by atoms with Crippen LogP contribution in [0.15, 0.2) is 103 Å². The van der Waals surface area contributed by atoms with E-state index in [-0.39, 0.29) is 17.7 Å². The van der Waals surface area contributed by atoms with Gasteiger partial charge in [-0.15, -0.1) is 0 Å². The Balaban J connectivity index is 1.83. The van der Waals surface area contributed by atoms with Gasteiger partial charge in [0, 0.05) is 29.2 Å².